The van der Waals surface area contributed by atoms with Gasteiger partial charge in [-0.1, -0.05) is 0 Å². The molecule has 0 spiro atoms. The predicted octanol–water partition coefficient (Wildman–Crippen LogP) is -0.502. The zero-order valence-electron chi connectivity index (χ0n) is 13.7. The maximum Gasteiger partial charge on any atom is 0.266 e. The van der Waals surface area contributed by atoms with Gasteiger partial charge < -0.3 is 0 Å². The standard InChI is InChI=1S/C15H23N7O/c1-13-3-4-15(23)22(17-13)10-9-20-5-7-21(8-6-20)12-14-11-16-19(2)18-14/h3-4,11H,5-10,12H2,1-2H3. The Kier molecular flexibility index (Phi) is 4.82. The number of hydrogen-bond donors (Lipinski definition) is 0. The van der Waals surface area contributed by atoms with Crippen LogP contribution in [0.25, 0.3) is 0 Å². The summed E-state index contributed by atoms with van der Waals surface area (Å²) in [4.78, 5) is 18.1. The summed E-state index contributed by atoms with van der Waals surface area (Å²) in [5.74, 6) is 0. The van der Waals surface area contributed by atoms with E-state index in [9.17, 15) is 4.79 Å². The van der Waals surface area contributed by atoms with Gasteiger partial charge >= 0.3 is 0 Å². The molecule has 8 heteroatoms. The van der Waals surface area contributed by atoms with E-state index in [4.69, 9.17) is 0 Å². The summed E-state index contributed by atoms with van der Waals surface area (Å²) < 4.78 is 1.56. The Balaban J connectivity index is 1.46. The van der Waals surface area contributed by atoms with Gasteiger partial charge in [0.25, 0.3) is 5.56 Å². The van der Waals surface area contributed by atoms with Gasteiger partial charge in [-0.2, -0.15) is 20.1 Å². The van der Waals surface area contributed by atoms with Crippen LogP contribution in [0.4, 0.5) is 0 Å². The van der Waals surface area contributed by atoms with Crippen molar-refractivity contribution in [2.75, 3.05) is 32.7 Å². The molecule has 0 saturated carbocycles. The van der Waals surface area contributed by atoms with E-state index in [0.717, 1.165) is 50.7 Å². The summed E-state index contributed by atoms with van der Waals surface area (Å²) in [6.45, 7) is 8.27. The van der Waals surface area contributed by atoms with Crippen LogP contribution in [-0.2, 0) is 20.1 Å². The lowest BCUT2D eigenvalue weighted by atomic mass is 10.3. The largest absolute Gasteiger partial charge is 0.299 e. The zero-order valence-corrected chi connectivity index (χ0v) is 13.7. The van der Waals surface area contributed by atoms with E-state index in [2.05, 4.69) is 25.1 Å². The molecule has 23 heavy (non-hydrogen) atoms. The van der Waals surface area contributed by atoms with E-state index in [-0.39, 0.29) is 5.56 Å². The van der Waals surface area contributed by atoms with Gasteiger partial charge in [0.2, 0.25) is 0 Å². The number of aryl methyl sites for hydroxylation is 2. The number of nitrogens with zero attached hydrogens (tertiary/aromatic N) is 7. The molecule has 1 aliphatic rings. The quantitative estimate of drug-likeness (QED) is 0.740. The summed E-state index contributed by atoms with van der Waals surface area (Å²) >= 11 is 0. The van der Waals surface area contributed by atoms with Crippen LogP contribution in [-0.4, -0.2) is 67.3 Å². The summed E-state index contributed by atoms with van der Waals surface area (Å²) in [6.07, 6.45) is 1.82. The number of piperazine rings is 1. The monoisotopic (exact) mass is 317 g/mol. The van der Waals surface area contributed by atoms with Crippen molar-refractivity contribution in [2.45, 2.75) is 20.0 Å². The van der Waals surface area contributed by atoms with Crippen molar-refractivity contribution in [3.05, 3.63) is 40.1 Å². The average Bonchev–Trinajstić information content (AvgIpc) is 2.95. The van der Waals surface area contributed by atoms with Crippen LogP contribution in [0.15, 0.2) is 23.1 Å². The average molecular weight is 317 g/mol. The van der Waals surface area contributed by atoms with Gasteiger partial charge in [-0.25, -0.2) is 4.68 Å². The van der Waals surface area contributed by atoms with Gasteiger partial charge in [-0.3, -0.25) is 14.6 Å². The maximum atomic E-state index is 11.8. The molecule has 8 nitrogen and oxygen atoms in total. The third-order valence-electron chi connectivity index (χ3n) is 4.13. The molecule has 0 atom stereocenters. The SMILES string of the molecule is Cc1ccc(=O)n(CCN2CCN(Cc3cnn(C)n3)CC2)n1. The Bertz CT molecular complexity index is 700. The van der Waals surface area contributed by atoms with Gasteiger partial charge in [0, 0.05) is 52.4 Å². The fraction of sp³-hybridized carbons (Fsp3) is 0.600. The van der Waals surface area contributed by atoms with Crippen LogP contribution in [0.1, 0.15) is 11.4 Å². The Morgan fingerprint density at radius 1 is 1.04 bits per heavy atom. The lowest BCUT2D eigenvalue weighted by Crippen LogP contribution is -2.47. The predicted molar refractivity (Wildman–Crippen MR) is 86.0 cm³/mol. The number of rotatable bonds is 5. The normalized spacial score (nSPS) is 16.8. The van der Waals surface area contributed by atoms with Crippen molar-refractivity contribution in [1.29, 1.82) is 0 Å². The Morgan fingerprint density at radius 3 is 2.48 bits per heavy atom. The minimum absolute atomic E-state index is 0.0307. The fourth-order valence-corrected chi connectivity index (χ4v) is 2.81. The highest BCUT2D eigenvalue weighted by molar-refractivity contribution is 4.97. The molecule has 0 bridgehead atoms. The molecule has 0 aliphatic carbocycles. The minimum Gasteiger partial charge on any atom is -0.299 e. The van der Waals surface area contributed by atoms with Crippen LogP contribution in [0.3, 0.4) is 0 Å². The Morgan fingerprint density at radius 2 is 1.78 bits per heavy atom. The van der Waals surface area contributed by atoms with E-state index in [0.29, 0.717) is 6.54 Å². The second kappa shape index (κ2) is 7.01. The molecule has 3 rings (SSSR count). The van der Waals surface area contributed by atoms with Crippen molar-refractivity contribution in [1.82, 2.24) is 34.6 Å². The van der Waals surface area contributed by atoms with Crippen molar-refractivity contribution in [3.63, 3.8) is 0 Å². The van der Waals surface area contributed by atoms with Gasteiger partial charge in [-0.15, -0.1) is 0 Å². The highest BCUT2D eigenvalue weighted by atomic mass is 16.1. The van der Waals surface area contributed by atoms with E-state index >= 15 is 0 Å². The summed E-state index contributed by atoms with van der Waals surface area (Å²) in [7, 11) is 1.84. The Hall–Kier alpha value is -2.06. The smallest absolute Gasteiger partial charge is 0.266 e. The van der Waals surface area contributed by atoms with E-state index < -0.39 is 0 Å². The van der Waals surface area contributed by atoms with E-state index in [1.807, 2.05) is 20.2 Å². The van der Waals surface area contributed by atoms with Crippen LogP contribution >= 0.6 is 0 Å². The molecule has 124 valence electrons. The van der Waals surface area contributed by atoms with Gasteiger partial charge in [0.1, 0.15) is 0 Å². The van der Waals surface area contributed by atoms with Gasteiger partial charge in [0.05, 0.1) is 24.1 Å². The third-order valence-corrected chi connectivity index (χ3v) is 4.13. The van der Waals surface area contributed by atoms with Crippen LogP contribution in [0.5, 0.6) is 0 Å². The molecule has 0 radical (unpaired) electrons. The van der Waals surface area contributed by atoms with Crippen molar-refractivity contribution >= 4 is 0 Å². The van der Waals surface area contributed by atoms with Crippen molar-refractivity contribution < 1.29 is 0 Å². The highest BCUT2D eigenvalue weighted by Gasteiger charge is 2.17. The zero-order chi connectivity index (χ0) is 16.2. The molecule has 1 saturated heterocycles. The van der Waals surface area contributed by atoms with Crippen LogP contribution in [0.2, 0.25) is 0 Å². The van der Waals surface area contributed by atoms with Crippen molar-refractivity contribution in [3.8, 4) is 0 Å². The molecule has 0 N–H and O–H groups in total. The molecule has 1 aliphatic heterocycles. The molecule has 2 aromatic heterocycles. The van der Waals surface area contributed by atoms with Gasteiger partial charge in [0.15, 0.2) is 0 Å². The molecule has 0 unspecified atom stereocenters. The summed E-state index contributed by atoms with van der Waals surface area (Å²) in [5.41, 5.74) is 1.85. The first-order chi connectivity index (χ1) is 11.1. The topological polar surface area (TPSA) is 72.1 Å². The first-order valence-corrected chi connectivity index (χ1v) is 7.95. The third kappa shape index (κ3) is 4.23. The second-order valence-electron chi connectivity index (χ2n) is 5.98. The van der Waals surface area contributed by atoms with Crippen LogP contribution in [0, 0.1) is 6.92 Å². The van der Waals surface area contributed by atoms with E-state index in [1.54, 1.807) is 21.6 Å². The first-order valence-electron chi connectivity index (χ1n) is 7.95. The van der Waals surface area contributed by atoms with Crippen molar-refractivity contribution in [2.24, 2.45) is 7.05 Å². The summed E-state index contributed by atoms with van der Waals surface area (Å²) in [6, 6.07) is 3.34. The molecular formula is C15H23N7O. The lowest BCUT2D eigenvalue weighted by molar-refractivity contribution is 0.121. The first kappa shape index (κ1) is 15.8. The molecule has 0 amide bonds. The Labute approximate surface area is 135 Å². The maximum absolute atomic E-state index is 11.8. The van der Waals surface area contributed by atoms with Crippen LogP contribution < -0.4 is 5.56 Å². The van der Waals surface area contributed by atoms with Gasteiger partial charge in [-0.05, 0) is 13.0 Å². The minimum atomic E-state index is -0.0307. The second-order valence-corrected chi connectivity index (χ2v) is 5.98. The lowest BCUT2D eigenvalue weighted by Gasteiger charge is -2.34. The number of hydrogen-bond acceptors (Lipinski definition) is 6. The number of aromatic nitrogens is 5. The molecule has 1 fully saturated rings. The summed E-state index contributed by atoms with van der Waals surface area (Å²) in [5, 5.41) is 12.7. The molecule has 3 heterocycles. The molecule has 2 aromatic rings. The molecular weight excluding hydrogens is 294 g/mol. The van der Waals surface area contributed by atoms with E-state index in [1.165, 1.54) is 0 Å². The highest BCUT2D eigenvalue weighted by Crippen LogP contribution is 2.06. The molecule has 0 aromatic carbocycles. The fourth-order valence-electron chi connectivity index (χ4n) is 2.81.